The Hall–Kier alpha value is -3.04. The predicted octanol–water partition coefficient (Wildman–Crippen LogP) is 4.44. The molecule has 0 unspecified atom stereocenters. The highest BCUT2D eigenvalue weighted by Crippen LogP contribution is 2.49. The van der Waals surface area contributed by atoms with Crippen molar-refractivity contribution in [2.45, 2.75) is 56.7 Å². The Morgan fingerprint density at radius 2 is 1.91 bits per heavy atom. The molecule has 172 valence electrons. The predicted molar refractivity (Wildman–Crippen MR) is 129 cm³/mol. The molecule has 6 heteroatoms. The Balaban J connectivity index is 1.51. The molecule has 2 fully saturated rings. The van der Waals surface area contributed by atoms with E-state index in [1.54, 1.807) is 0 Å². The number of likely N-dealkylation sites (tertiary alicyclic amines) is 1. The zero-order valence-electron chi connectivity index (χ0n) is 19.2. The van der Waals surface area contributed by atoms with Gasteiger partial charge in [0, 0.05) is 31.2 Å². The molecule has 5 rings (SSSR count). The second kappa shape index (κ2) is 9.07. The van der Waals surface area contributed by atoms with Gasteiger partial charge in [0.25, 0.3) is 0 Å². The van der Waals surface area contributed by atoms with Crippen molar-refractivity contribution in [2.75, 3.05) is 25.1 Å². The molecule has 2 aliphatic heterocycles. The average molecular weight is 445 g/mol. The number of benzene rings is 2. The molecule has 0 spiro atoms. The van der Waals surface area contributed by atoms with Crippen LogP contribution in [0.3, 0.4) is 0 Å². The Morgan fingerprint density at radius 3 is 2.67 bits per heavy atom. The highest BCUT2D eigenvalue weighted by atomic mass is 16.3. The van der Waals surface area contributed by atoms with E-state index in [1.165, 1.54) is 19.3 Å². The van der Waals surface area contributed by atoms with Gasteiger partial charge in [-0.1, -0.05) is 37.5 Å². The number of aliphatic hydroxyl groups excluding tert-OH is 1. The fraction of sp³-hybridized carbons (Fsp3) is 0.481. The number of fused-ring (bicyclic) bond motifs is 3. The number of nitrogens with one attached hydrogen (secondary N) is 1. The minimum Gasteiger partial charge on any atom is -0.394 e. The number of carbonyl (C=O) groups is 1. The first-order chi connectivity index (χ1) is 16.1. The average Bonchev–Trinajstić information content (AvgIpc) is 3.30. The lowest BCUT2D eigenvalue weighted by atomic mass is 9.81. The molecule has 2 N–H and O–H groups in total. The molecule has 1 saturated carbocycles. The number of aliphatic hydroxyl groups is 1. The van der Waals surface area contributed by atoms with E-state index in [4.69, 9.17) is 0 Å². The minimum absolute atomic E-state index is 0.0113. The number of amides is 2. The van der Waals surface area contributed by atoms with Crippen molar-refractivity contribution in [3.8, 4) is 17.2 Å². The first-order valence-corrected chi connectivity index (χ1v) is 12.2. The van der Waals surface area contributed by atoms with Crippen LogP contribution in [0.1, 0.15) is 55.7 Å². The number of hydrogen-bond donors (Lipinski definition) is 2. The molecule has 2 aromatic rings. The molecule has 2 heterocycles. The maximum absolute atomic E-state index is 13.4. The summed E-state index contributed by atoms with van der Waals surface area (Å²) in [5.41, 5.74) is 4.86. The van der Waals surface area contributed by atoms with E-state index < -0.39 is 0 Å². The summed E-state index contributed by atoms with van der Waals surface area (Å²) in [4.78, 5) is 17.6. The monoisotopic (exact) mass is 444 g/mol. The third kappa shape index (κ3) is 3.95. The quantitative estimate of drug-likeness (QED) is 0.733. The topological polar surface area (TPSA) is 79.6 Å². The van der Waals surface area contributed by atoms with Crippen molar-refractivity contribution in [3.05, 3.63) is 53.6 Å². The second-order valence-corrected chi connectivity index (χ2v) is 9.70. The van der Waals surface area contributed by atoms with Crippen LogP contribution < -0.4 is 10.2 Å². The van der Waals surface area contributed by atoms with Crippen LogP contribution in [-0.4, -0.2) is 48.3 Å². The summed E-state index contributed by atoms with van der Waals surface area (Å²) < 4.78 is 0. The normalized spacial score (nSPS) is 24.7. The van der Waals surface area contributed by atoms with Gasteiger partial charge in [0.1, 0.15) is 0 Å². The summed E-state index contributed by atoms with van der Waals surface area (Å²) in [6, 6.07) is 16.4. The molecule has 1 saturated heterocycles. The molecule has 1 aliphatic carbocycles. The van der Waals surface area contributed by atoms with Crippen LogP contribution in [0.25, 0.3) is 11.1 Å². The van der Waals surface area contributed by atoms with Crippen molar-refractivity contribution < 1.29 is 9.90 Å². The number of rotatable bonds is 3. The summed E-state index contributed by atoms with van der Waals surface area (Å²) >= 11 is 0. The number of hydrogen-bond acceptors (Lipinski definition) is 4. The number of nitrogens with zero attached hydrogens (tertiary/aromatic N) is 3. The Bertz CT molecular complexity index is 1070. The smallest absolute Gasteiger partial charge is 0.318 e. The Morgan fingerprint density at radius 1 is 1.12 bits per heavy atom. The highest BCUT2D eigenvalue weighted by molar-refractivity contribution is 5.78. The summed E-state index contributed by atoms with van der Waals surface area (Å²) in [7, 11) is 2.04. The van der Waals surface area contributed by atoms with Crippen molar-refractivity contribution >= 4 is 11.7 Å². The number of carbonyl (C=O) groups excluding carboxylic acids is 1. The Labute approximate surface area is 195 Å². The Kier molecular flexibility index (Phi) is 5.99. The van der Waals surface area contributed by atoms with Crippen LogP contribution in [0.4, 0.5) is 10.5 Å². The van der Waals surface area contributed by atoms with Crippen molar-refractivity contribution in [1.29, 1.82) is 5.26 Å². The standard InChI is InChI=1S/C27H32N4O2/c1-30-24-11-10-20(19-7-5-6-18(14-19)16-28)15-23(24)26-22(25(30)17-32)12-13-31(26)27(33)29-21-8-3-2-4-9-21/h5-7,10-11,14-15,21-22,25-26,32H,2-4,8-9,12-13,17H2,1H3,(H,29,33)/t22-,25-,26-/m1/s1. The second-order valence-electron chi connectivity index (χ2n) is 9.70. The molecule has 0 aromatic heterocycles. The molecule has 6 nitrogen and oxygen atoms in total. The van der Waals surface area contributed by atoms with E-state index in [2.05, 4.69) is 34.5 Å². The molecular formula is C27H32N4O2. The van der Waals surface area contributed by atoms with Gasteiger partial charge >= 0.3 is 6.03 Å². The summed E-state index contributed by atoms with van der Waals surface area (Å²) in [5, 5.41) is 22.8. The summed E-state index contributed by atoms with van der Waals surface area (Å²) in [5.74, 6) is 0.185. The van der Waals surface area contributed by atoms with E-state index in [-0.39, 0.29) is 36.7 Å². The maximum atomic E-state index is 13.4. The lowest BCUT2D eigenvalue weighted by molar-refractivity contribution is 0.156. The third-order valence-electron chi connectivity index (χ3n) is 7.87. The minimum atomic E-state index is -0.0592. The van der Waals surface area contributed by atoms with Crippen LogP contribution in [0.5, 0.6) is 0 Å². The van der Waals surface area contributed by atoms with Crippen LogP contribution >= 0.6 is 0 Å². The fourth-order valence-corrected chi connectivity index (χ4v) is 6.13. The number of likely N-dealkylation sites (N-methyl/N-ethyl adjacent to an activating group) is 1. The van der Waals surface area contributed by atoms with Gasteiger partial charge in [-0.25, -0.2) is 4.79 Å². The van der Waals surface area contributed by atoms with E-state index in [0.29, 0.717) is 12.1 Å². The van der Waals surface area contributed by atoms with E-state index in [9.17, 15) is 15.2 Å². The third-order valence-corrected chi connectivity index (χ3v) is 7.87. The van der Waals surface area contributed by atoms with E-state index in [1.807, 2.05) is 36.2 Å². The first kappa shape index (κ1) is 21.8. The number of urea groups is 1. The van der Waals surface area contributed by atoms with Gasteiger partial charge in [-0.15, -0.1) is 0 Å². The molecule has 2 aromatic carbocycles. The highest BCUT2D eigenvalue weighted by Gasteiger charge is 2.47. The number of anilines is 1. The lowest BCUT2D eigenvalue weighted by Crippen LogP contribution is -2.50. The van der Waals surface area contributed by atoms with Crippen molar-refractivity contribution in [2.24, 2.45) is 5.92 Å². The maximum Gasteiger partial charge on any atom is 0.318 e. The summed E-state index contributed by atoms with van der Waals surface area (Å²) in [6.07, 6.45) is 6.63. The van der Waals surface area contributed by atoms with Crippen LogP contribution in [0, 0.1) is 17.2 Å². The van der Waals surface area contributed by atoms with Gasteiger partial charge in [0.05, 0.1) is 30.3 Å². The summed E-state index contributed by atoms with van der Waals surface area (Å²) in [6.45, 7) is 0.771. The SMILES string of the molecule is CN1c2ccc(-c3cccc(C#N)c3)cc2[C@H]2[C@H](CCN2C(=O)NC2CCCCC2)[C@H]1CO. The lowest BCUT2D eigenvalue weighted by Gasteiger charge is -2.44. The van der Waals surface area contributed by atoms with Gasteiger partial charge in [-0.3, -0.25) is 0 Å². The van der Waals surface area contributed by atoms with Gasteiger partial charge in [0.15, 0.2) is 0 Å². The molecule has 2 amide bonds. The zero-order valence-corrected chi connectivity index (χ0v) is 19.2. The largest absolute Gasteiger partial charge is 0.394 e. The first-order valence-electron chi connectivity index (χ1n) is 12.2. The van der Waals surface area contributed by atoms with Crippen LogP contribution in [0.15, 0.2) is 42.5 Å². The number of nitriles is 1. The molecule has 3 atom stereocenters. The fourth-order valence-electron chi connectivity index (χ4n) is 6.13. The van der Waals surface area contributed by atoms with Gasteiger partial charge in [0.2, 0.25) is 0 Å². The van der Waals surface area contributed by atoms with Crippen LogP contribution in [-0.2, 0) is 0 Å². The van der Waals surface area contributed by atoms with Crippen LogP contribution in [0.2, 0.25) is 0 Å². The van der Waals surface area contributed by atoms with Crippen molar-refractivity contribution in [1.82, 2.24) is 10.2 Å². The van der Waals surface area contributed by atoms with Gasteiger partial charge < -0.3 is 20.2 Å². The van der Waals surface area contributed by atoms with Gasteiger partial charge in [-0.05, 0) is 60.2 Å². The molecule has 3 aliphatic rings. The van der Waals surface area contributed by atoms with Crippen molar-refractivity contribution in [3.63, 3.8) is 0 Å². The molecule has 33 heavy (non-hydrogen) atoms. The van der Waals surface area contributed by atoms with E-state index in [0.717, 1.165) is 41.6 Å². The van der Waals surface area contributed by atoms with E-state index >= 15 is 0 Å². The molecule has 0 radical (unpaired) electrons. The molecular weight excluding hydrogens is 412 g/mol. The van der Waals surface area contributed by atoms with Gasteiger partial charge in [-0.2, -0.15) is 5.26 Å². The molecule has 0 bridgehead atoms. The zero-order chi connectivity index (χ0) is 22.9.